The van der Waals surface area contributed by atoms with E-state index in [0.717, 1.165) is 12.1 Å². The van der Waals surface area contributed by atoms with Crippen LogP contribution in [-0.4, -0.2) is 18.3 Å². The van der Waals surface area contributed by atoms with Crippen LogP contribution in [0.4, 0.5) is 8.78 Å². The molecule has 2 aromatic rings. The number of hydrogen-bond donors (Lipinski definition) is 1. The van der Waals surface area contributed by atoms with Crippen molar-refractivity contribution < 1.29 is 23.1 Å². The van der Waals surface area contributed by atoms with Crippen LogP contribution in [0.15, 0.2) is 42.5 Å². The monoisotopic (exact) mass is 347 g/mol. The van der Waals surface area contributed by atoms with Gasteiger partial charge in [0, 0.05) is 23.6 Å². The highest BCUT2D eigenvalue weighted by atomic mass is 19.1. The fourth-order valence-corrected chi connectivity index (χ4v) is 2.30. The Balaban J connectivity index is 1.88. The van der Waals surface area contributed by atoms with Crippen molar-refractivity contribution in [2.75, 3.05) is 6.61 Å². The van der Waals surface area contributed by atoms with Gasteiger partial charge in [-0.15, -0.1) is 0 Å². The Hall–Kier alpha value is -2.76. The maximum absolute atomic E-state index is 13.7. The molecule has 0 saturated heterocycles. The van der Waals surface area contributed by atoms with Crippen LogP contribution < -0.4 is 10.1 Å². The Labute approximate surface area is 144 Å². The van der Waals surface area contributed by atoms with Crippen LogP contribution in [0.25, 0.3) is 0 Å². The van der Waals surface area contributed by atoms with E-state index in [-0.39, 0.29) is 18.0 Å². The van der Waals surface area contributed by atoms with Crippen LogP contribution in [0, 0.1) is 11.6 Å². The summed E-state index contributed by atoms with van der Waals surface area (Å²) in [7, 11) is 0. The number of carbonyl (C=O) groups excluding carboxylic acids is 2. The number of ketones is 1. The molecule has 1 amide bonds. The molecule has 25 heavy (non-hydrogen) atoms. The summed E-state index contributed by atoms with van der Waals surface area (Å²) in [6, 6.07) is 9.06. The van der Waals surface area contributed by atoms with E-state index in [1.807, 2.05) is 0 Å². The van der Waals surface area contributed by atoms with Gasteiger partial charge in [-0.2, -0.15) is 0 Å². The van der Waals surface area contributed by atoms with E-state index in [1.165, 1.54) is 6.07 Å². The summed E-state index contributed by atoms with van der Waals surface area (Å²) in [6.07, 6.45) is 0.417. The highest BCUT2D eigenvalue weighted by Gasteiger charge is 2.14. The minimum atomic E-state index is -0.718. The molecule has 0 aromatic heterocycles. The minimum absolute atomic E-state index is 0.0273. The largest absolute Gasteiger partial charge is 0.484 e. The summed E-state index contributed by atoms with van der Waals surface area (Å²) in [5.41, 5.74) is 0.775. The van der Waals surface area contributed by atoms with Crippen molar-refractivity contribution in [1.29, 1.82) is 0 Å². The summed E-state index contributed by atoms with van der Waals surface area (Å²) >= 11 is 0. The summed E-state index contributed by atoms with van der Waals surface area (Å²) in [5, 5.41) is 2.58. The highest BCUT2D eigenvalue weighted by molar-refractivity contribution is 5.95. The lowest BCUT2D eigenvalue weighted by molar-refractivity contribution is -0.123. The standard InChI is InChI=1S/C19H19F2NO3/c1-3-18(23)13-4-7-15(8-5-13)25-11-19(24)22-12(2)16-9-6-14(20)10-17(16)21/h4-10,12H,3,11H2,1-2H3,(H,22,24). The van der Waals surface area contributed by atoms with Gasteiger partial charge in [0.15, 0.2) is 12.4 Å². The number of amides is 1. The Bertz CT molecular complexity index is 760. The first kappa shape index (κ1) is 18.6. The fourth-order valence-electron chi connectivity index (χ4n) is 2.30. The van der Waals surface area contributed by atoms with Crippen molar-refractivity contribution in [2.24, 2.45) is 0 Å². The molecule has 0 saturated carbocycles. The molecule has 0 fully saturated rings. The zero-order chi connectivity index (χ0) is 18.4. The van der Waals surface area contributed by atoms with Crippen LogP contribution in [-0.2, 0) is 4.79 Å². The molecule has 2 aromatic carbocycles. The van der Waals surface area contributed by atoms with Crippen LogP contribution >= 0.6 is 0 Å². The van der Waals surface area contributed by atoms with Crippen LogP contribution in [0.1, 0.15) is 42.2 Å². The first-order valence-electron chi connectivity index (χ1n) is 7.91. The molecule has 0 spiro atoms. The molecule has 0 aliphatic heterocycles. The number of hydrogen-bond acceptors (Lipinski definition) is 3. The van der Waals surface area contributed by atoms with Crippen molar-refractivity contribution in [3.8, 4) is 5.75 Å². The predicted octanol–water partition coefficient (Wildman–Crippen LogP) is 3.81. The van der Waals surface area contributed by atoms with E-state index in [2.05, 4.69) is 5.32 Å². The summed E-state index contributed by atoms with van der Waals surface area (Å²) in [6.45, 7) is 3.12. The zero-order valence-corrected chi connectivity index (χ0v) is 14.0. The van der Waals surface area contributed by atoms with Gasteiger partial charge >= 0.3 is 0 Å². The van der Waals surface area contributed by atoms with E-state index in [9.17, 15) is 18.4 Å². The molecular formula is C19H19F2NO3. The maximum atomic E-state index is 13.7. The van der Waals surface area contributed by atoms with Gasteiger partial charge in [0.1, 0.15) is 17.4 Å². The molecular weight excluding hydrogens is 328 g/mol. The van der Waals surface area contributed by atoms with Gasteiger partial charge in [-0.25, -0.2) is 8.78 Å². The third-order valence-corrected chi connectivity index (χ3v) is 3.67. The van der Waals surface area contributed by atoms with Gasteiger partial charge in [-0.1, -0.05) is 13.0 Å². The second-order valence-electron chi connectivity index (χ2n) is 5.54. The lowest BCUT2D eigenvalue weighted by Gasteiger charge is -2.15. The molecule has 132 valence electrons. The molecule has 1 unspecified atom stereocenters. The molecule has 1 atom stereocenters. The molecule has 1 N–H and O–H groups in total. The van der Waals surface area contributed by atoms with Crippen molar-refractivity contribution in [2.45, 2.75) is 26.3 Å². The second-order valence-corrected chi connectivity index (χ2v) is 5.54. The smallest absolute Gasteiger partial charge is 0.258 e. The van der Waals surface area contributed by atoms with Gasteiger partial charge in [-0.3, -0.25) is 9.59 Å². The van der Waals surface area contributed by atoms with Gasteiger partial charge < -0.3 is 10.1 Å². The Morgan fingerprint density at radius 3 is 2.40 bits per heavy atom. The van der Waals surface area contributed by atoms with E-state index < -0.39 is 23.6 Å². The van der Waals surface area contributed by atoms with E-state index in [4.69, 9.17) is 4.74 Å². The molecule has 2 rings (SSSR count). The maximum Gasteiger partial charge on any atom is 0.258 e. The van der Waals surface area contributed by atoms with Crippen LogP contribution in [0.3, 0.4) is 0 Å². The average molecular weight is 347 g/mol. The third kappa shape index (κ3) is 5.11. The summed E-state index contributed by atoms with van der Waals surface area (Å²) in [4.78, 5) is 23.4. The average Bonchev–Trinajstić information content (AvgIpc) is 2.59. The lowest BCUT2D eigenvalue weighted by Crippen LogP contribution is -2.31. The number of Topliss-reactive ketones (excluding diaryl/α,β-unsaturated/α-hetero) is 1. The number of carbonyl (C=O) groups is 2. The van der Waals surface area contributed by atoms with Crippen LogP contribution in [0.5, 0.6) is 5.75 Å². The minimum Gasteiger partial charge on any atom is -0.484 e. The van der Waals surface area contributed by atoms with Crippen molar-refractivity contribution >= 4 is 11.7 Å². The number of benzene rings is 2. The SMILES string of the molecule is CCC(=O)c1ccc(OCC(=O)NC(C)c2ccc(F)cc2F)cc1. The quantitative estimate of drug-likeness (QED) is 0.775. The normalized spacial score (nSPS) is 11.7. The Morgan fingerprint density at radius 2 is 1.80 bits per heavy atom. The Morgan fingerprint density at radius 1 is 1.12 bits per heavy atom. The van der Waals surface area contributed by atoms with Crippen molar-refractivity contribution in [3.63, 3.8) is 0 Å². The van der Waals surface area contributed by atoms with E-state index in [1.54, 1.807) is 38.1 Å². The van der Waals surface area contributed by atoms with Gasteiger partial charge in [0.25, 0.3) is 5.91 Å². The highest BCUT2D eigenvalue weighted by Crippen LogP contribution is 2.18. The topological polar surface area (TPSA) is 55.4 Å². The number of rotatable bonds is 7. The van der Waals surface area contributed by atoms with Gasteiger partial charge in [0.05, 0.1) is 6.04 Å². The lowest BCUT2D eigenvalue weighted by atomic mass is 10.1. The first-order valence-corrected chi connectivity index (χ1v) is 7.91. The van der Waals surface area contributed by atoms with E-state index in [0.29, 0.717) is 17.7 Å². The molecule has 0 radical (unpaired) electrons. The van der Waals surface area contributed by atoms with E-state index >= 15 is 0 Å². The summed E-state index contributed by atoms with van der Waals surface area (Å²) in [5.74, 6) is -1.36. The first-order chi connectivity index (χ1) is 11.9. The van der Waals surface area contributed by atoms with Crippen LogP contribution in [0.2, 0.25) is 0 Å². The third-order valence-electron chi connectivity index (χ3n) is 3.67. The summed E-state index contributed by atoms with van der Waals surface area (Å²) < 4.78 is 31.9. The molecule has 6 heteroatoms. The fraction of sp³-hybridized carbons (Fsp3) is 0.263. The molecule has 4 nitrogen and oxygen atoms in total. The predicted molar refractivity (Wildman–Crippen MR) is 89.5 cm³/mol. The van der Waals surface area contributed by atoms with Crippen molar-refractivity contribution in [1.82, 2.24) is 5.32 Å². The number of halogens is 2. The Kier molecular flexibility index (Phi) is 6.22. The molecule has 0 aliphatic carbocycles. The molecule has 0 aliphatic rings. The number of nitrogens with one attached hydrogen (secondary N) is 1. The van der Waals surface area contributed by atoms with Gasteiger partial charge in [0.2, 0.25) is 0 Å². The van der Waals surface area contributed by atoms with Crippen molar-refractivity contribution in [3.05, 3.63) is 65.2 Å². The zero-order valence-electron chi connectivity index (χ0n) is 14.0. The second kappa shape index (κ2) is 8.37. The molecule has 0 heterocycles. The molecule has 0 bridgehead atoms. The number of ether oxygens (including phenoxy) is 1. The van der Waals surface area contributed by atoms with Gasteiger partial charge in [-0.05, 0) is 37.3 Å².